The Morgan fingerprint density at radius 1 is 1.29 bits per heavy atom. The van der Waals surface area contributed by atoms with Gasteiger partial charge in [-0.3, -0.25) is 0 Å². The van der Waals surface area contributed by atoms with Gasteiger partial charge in [0, 0.05) is 5.03 Å². The molecule has 74 valence electrons. The average Bonchev–Trinajstić information content (AvgIpc) is 2.36. The number of ether oxygens (including phenoxy) is 2. The largest absolute Gasteiger partial charge is 0.586 e. The standard InChI is InChI=1S/C9H5ClF2O2/c1-5(10)6-2-3-7-8(4-6)14-9(11,12)13-7/h2-4H,1H2. The van der Waals surface area contributed by atoms with E-state index in [0.717, 1.165) is 0 Å². The SMILES string of the molecule is C=C(Cl)c1ccc2c(c1)OC(F)(F)O2. The van der Waals surface area contributed by atoms with Gasteiger partial charge in [-0.15, -0.1) is 8.78 Å². The molecule has 0 aromatic heterocycles. The van der Waals surface area contributed by atoms with Crippen LogP contribution >= 0.6 is 11.6 Å². The number of fused-ring (bicyclic) bond motifs is 1. The van der Waals surface area contributed by atoms with Crippen LogP contribution in [-0.2, 0) is 0 Å². The van der Waals surface area contributed by atoms with E-state index in [1.807, 2.05) is 0 Å². The van der Waals surface area contributed by atoms with Crippen molar-refractivity contribution < 1.29 is 18.3 Å². The fourth-order valence-corrected chi connectivity index (χ4v) is 1.24. The van der Waals surface area contributed by atoms with Crippen molar-refractivity contribution in [3.63, 3.8) is 0 Å². The lowest BCUT2D eigenvalue weighted by molar-refractivity contribution is -0.286. The molecule has 1 heterocycles. The van der Waals surface area contributed by atoms with Gasteiger partial charge in [0.25, 0.3) is 0 Å². The molecule has 1 aromatic rings. The minimum absolute atomic E-state index is 0.00309. The Kier molecular flexibility index (Phi) is 1.89. The van der Waals surface area contributed by atoms with Crippen LogP contribution in [0, 0.1) is 0 Å². The highest BCUT2D eigenvalue weighted by Crippen LogP contribution is 2.42. The van der Waals surface area contributed by atoms with E-state index in [1.165, 1.54) is 18.2 Å². The molecule has 0 N–H and O–H groups in total. The fraction of sp³-hybridized carbons (Fsp3) is 0.111. The molecule has 0 spiro atoms. The molecule has 0 unspecified atom stereocenters. The average molecular weight is 219 g/mol. The second kappa shape index (κ2) is 2.85. The maximum atomic E-state index is 12.6. The van der Waals surface area contributed by atoms with E-state index >= 15 is 0 Å². The van der Waals surface area contributed by atoms with Gasteiger partial charge < -0.3 is 9.47 Å². The normalized spacial score (nSPS) is 16.8. The van der Waals surface area contributed by atoms with Crippen LogP contribution in [0.2, 0.25) is 0 Å². The van der Waals surface area contributed by atoms with E-state index in [-0.39, 0.29) is 16.5 Å². The van der Waals surface area contributed by atoms with Crippen molar-refractivity contribution in [1.82, 2.24) is 0 Å². The zero-order valence-electron chi connectivity index (χ0n) is 6.89. The third-order valence-corrected chi connectivity index (χ3v) is 1.93. The molecule has 1 aromatic carbocycles. The van der Waals surface area contributed by atoms with Gasteiger partial charge in [-0.2, -0.15) is 0 Å². The van der Waals surface area contributed by atoms with Crippen molar-refractivity contribution in [2.24, 2.45) is 0 Å². The van der Waals surface area contributed by atoms with Gasteiger partial charge >= 0.3 is 6.29 Å². The summed E-state index contributed by atoms with van der Waals surface area (Å²) in [5.74, 6) is -0.0361. The van der Waals surface area contributed by atoms with Gasteiger partial charge in [-0.05, 0) is 23.8 Å². The van der Waals surface area contributed by atoms with Crippen LogP contribution in [0.1, 0.15) is 5.56 Å². The first-order chi connectivity index (χ1) is 6.48. The van der Waals surface area contributed by atoms with E-state index in [2.05, 4.69) is 16.1 Å². The first-order valence-corrected chi connectivity index (χ1v) is 4.10. The molecule has 0 radical (unpaired) electrons. The summed E-state index contributed by atoms with van der Waals surface area (Å²) >= 11 is 5.60. The van der Waals surface area contributed by atoms with Gasteiger partial charge in [0.2, 0.25) is 0 Å². The third-order valence-electron chi connectivity index (χ3n) is 1.71. The lowest BCUT2D eigenvalue weighted by Crippen LogP contribution is -2.25. The molecule has 14 heavy (non-hydrogen) atoms. The molecule has 1 aliphatic rings. The van der Waals surface area contributed by atoms with Crippen molar-refractivity contribution in [2.45, 2.75) is 6.29 Å². The van der Waals surface area contributed by atoms with Crippen molar-refractivity contribution >= 4 is 16.6 Å². The molecule has 0 atom stereocenters. The molecular formula is C9H5ClF2O2. The molecule has 0 fully saturated rings. The summed E-state index contributed by atoms with van der Waals surface area (Å²) < 4.78 is 33.6. The highest BCUT2D eigenvalue weighted by Gasteiger charge is 2.43. The van der Waals surface area contributed by atoms with Crippen LogP contribution in [0.3, 0.4) is 0 Å². The Morgan fingerprint density at radius 3 is 2.57 bits per heavy atom. The number of hydrogen-bond acceptors (Lipinski definition) is 2. The summed E-state index contributed by atoms with van der Waals surface area (Å²) in [5, 5.41) is 0.256. The first-order valence-electron chi connectivity index (χ1n) is 3.73. The number of benzene rings is 1. The predicted octanol–water partition coefficient (Wildman–Crippen LogP) is 3.22. The highest BCUT2D eigenvalue weighted by molar-refractivity contribution is 6.48. The Labute approximate surface area is 83.7 Å². The summed E-state index contributed by atoms with van der Waals surface area (Å²) in [6.07, 6.45) is -3.59. The Bertz CT molecular complexity index is 404. The monoisotopic (exact) mass is 218 g/mol. The summed E-state index contributed by atoms with van der Waals surface area (Å²) in [4.78, 5) is 0. The molecule has 5 heteroatoms. The van der Waals surface area contributed by atoms with Crippen LogP contribution in [0.25, 0.3) is 5.03 Å². The van der Waals surface area contributed by atoms with E-state index in [4.69, 9.17) is 11.6 Å². The van der Waals surface area contributed by atoms with Gasteiger partial charge in [0.15, 0.2) is 11.5 Å². The van der Waals surface area contributed by atoms with E-state index in [9.17, 15) is 8.78 Å². The van der Waals surface area contributed by atoms with E-state index in [0.29, 0.717) is 5.56 Å². The first kappa shape index (κ1) is 9.27. The van der Waals surface area contributed by atoms with Crippen LogP contribution in [0.5, 0.6) is 11.5 Å². The van der Waals surface area contributed by atoms with Gasteiger partial charge in [-0.1, -0.05) is 18.2 Å². The van der Waals surface area contributed by atoms with Gasteiger partial charge in [-0.25, -0.2) is 0 Å². The van der Waals surface area contributed by atoms with Gasteiger partial charge in [0.1, 0.15) is 0 Å². The quantitative estimate of drug-likeness (QED) is 0.721. The second-order valence-electron chi connectivity index (χ2n) is 2.73. The minimum atomic E-state index is -3.59. The van der Waals surface area contributed by atoms with Crippen LogP contribution in [-0.4, -0.2) is 6.29 Å². The van der Waals surface area contributed by atoms with Crippen molar-refractivity contribution in [2.75, 3.05) is 0 Å². The number of rotatable bonds is 1. The molecule has 2 rings (SSSR count). The minimum Gasteiger partial charge on any atom is -0.395 e. The van der Waals surface area contributed by atoms with Crippen LogP contribution in [0.4, 0.5) is 8.78 Å². The summed E-state index contributed by atoms with van der Waals surface area (Å²) in [6.45, 7) is 3.47. The Balaban J connectivity index is 2.40. The molecule has 2 nitrogen and oxygen atoms in total. The fourth-order valence-electron chi connectivity index (χ4n) is 1.12. The van der Waals surface area contributed by atoms with E-state index in [1.54, 1.807) is 0 Å². The molecule has 0 aliphatic carbocycles. The second-order valence-corrected chi connectivity index (χ2v) is 3.19. The summed E-state index contributed by atoms with van der Waals surface area (Å²) in [6, 6.07) is 4.24. The summed E-state index contributed by atoms with van der Waals surface area (Å²) in [5.41, 5.74) is 0.520. The zero-order chi connectivity index (χ0) is 10.3. The lowest BCUT2D eigenvalue weighted by Gasteiger charge is -2.04. The lowest BCUT2D eigenvalue weighted by atomic mass is 10.2. The number of halogens is 3. The van der Waals surface area contributed by atoms with Crippen molar-refractivity contribution in [3.8, 4) is 11.5 Å². The van der Waals surface area contributed by atoms with Crippen LogP contribution < -0.4 is 9.47 Å². The molecule has 0 saturated heterocycles. The highest BCUT2D eigenvalue weighted by atomic mass is 35.5. The Hall–Kier alpha value is -1.29. The molecule has 0 saturated carbocycles. The van der Waals surface area contributed by atoms with E-state index < -0.39 is 6.29 Å². The molecule has 0 amide bonds. The van der Waals surface area contributed by atoms with Crippen molar-refractivity contribution in [3.05, 3.63) is 30.3 Å². The molecule has 1 aliphatic heterocycles. The zero-order valence-corrected chi connectivity index (χ0v) is 7.65. The molecule has 0 bridgehead atoms. The maximum Gasteiger partial charge on any atom is 0.586 e. The molecular weight excluding hydrogens is 214 g/mol. The smallest absolute Gasteiger partial charge is 0.395 e. The topological polar surface area (TPSA) is 18.5 Å². The summed E-state index contributed by atoms with van der Waals surface area (Å²) in [7, 11) is 0. The predicted molar refractivity (Wildman–Crippen MR) is 47.5 cm³/mol. The Morgan fingerprint density at radius 2 is 1.93 bits per heavy atom. The third kappa shape index (κ3) is 1.53. The number of alkyl halides is 2. The maximum absolute atomic E-state index is 12.6. The number of hydrogen-bond donors (Lipinski definition) is 0. The van der Waals surface area contributed by atoms with Gasteiger partial charge in [0.05, 0.1) is 0 Å². The van der Waals surface area contributed by atoms with Crippen LogP contribution in [0.15, 0.2) is 24.8 Å². The van der Waals surface area contributed by atoms with Crippen molar-refractivity contribution in [1.29, 1.82) is 0 Å².